The van der Waals surface area contributed by atoms with E-state index in [0.29, 0.717) is 46.3 Å². The number of H-pyrrole nitrogens is 1. The first-order valence-corrected chi connectivity index (χ1v) is 10.0. The molecule has 1 atom stereocenters. The van der Waals surface area contributed by atoms with Gasteiger partial charge in [0.05, 0.1) is 27.4 Å². The van der Waals surface area contributed by atoms with Crippen LogP contribution in [0, 0.1) is 6.92 Å². The van der Waals surface area contributed by atoms with E-state index in [2.05, 4.69) is 16.8 Å². The van der Waals surface area contributed by atoms with Crippen molar-refractivity contribution < 1.29 is 24.1 Å². The summed E-state index contributed by atoms with van der Waals surface area (Å²) in [6.07, 6.45) is 1.67. The van der Waals surface area contributed by atoms with E-state index in [0.717, 1.165) is 11.1 Å². The number of nitrogens with zero attached hydrogens (tertiary/aromatic N) is 2. The van der Waals surface area contributed by atoms with Gasteiger partial charge in [-0.15, -0.1) is 6.58 Å². The number of fused-ring (bicyclic) bond motifs is 1. The van der Waals surface area contributed by atoms with Crippen LogP contribution in [0.25, 0.3) is 11.3 Å². The van der Waals surface area contributed by atoms with Crippen molar-refractivity contribution in [3.8, 4) is 34.3 Å². The number of phenols is 1. The quantitative estimate of drug-likeness (QED) is 0.547. The number of rotatable bonds is 7. The van der Waals surface area contributed by atoms with Gasteiger partial charge < -0.3 is 24.2 Å². The van der Waals surface area contributed by atoms with Crippen LogP contribution in [0.1, 0.15) is 33.2 Å². The highest BCUT2D eigenvalue weighted by molar-refractivity contribution is 6.00. The van der Waals surface area contributed by atoms with Crippen molar-refractivity contribution in [1.29, 1.82) is 0 Å². The van der Waals surface area contributed by atoms with E-state index < -0.39 is 6.04 Å². The van der Waals surface area contributed by atoms with Gasteiger partial charge >= 0.3 is 0 Å². The standard InChI is InChI=1S/C24H25N3O5/c1-6-9-27-22(14-11-17(30-3)23(32-5)18(12-14)31-4)19-20(25-26-21(19)24(27)29)15-10-13(2)7-8-16(15)28/h6-8,10-12,22,28H,1,9H2,2-5H3,(H,25,26)/t22-/m0/s1. The van der Waals surface area contributed by atoms with E-state index in [1.54, 1.807) is 31.3 Å². The van der Waals surface area contributed by atoms with E-state index in [1.165, 1.54) is 7.11 Å². The number of aromatic nitrogens is 2. The predicted octanol–water partition coefficient (Wildman–Crippen LogP) is 3.85. The first kappa shape index (κ1) is 21.3. The Labute approximate surface area is 186 Å². The average molecular weight is 435 g/mol. The Balaban J connectivity index is 1.97. The predicted molar refractivity (Wildman–Crippen MR) is 120 cm³/mol. The van der Waals surface area contributed by atoms with Gasteiger partial charge in [-0.1, -0.05) is 17.7 Å². The summed E-state index contributed by atoms with van der Waals surface area (Å²) in [5.74, 6) is 1.30. The fraction of sp³-hybridized carbons (Fsp3) is 0.250. The van der Waals surface area contributed by atoms with Gasteiger partial charge in [-0.2, -0.15) is 5.10 Å². The van der Waals surface area contributed by atoms with Crippen LogP contribution in [0.2, 0.25) is 0 Å². The zero-order valence-corrected chi connectivity index (χ0v) is 18.4. The molecule has 0 spiro atoms. The Morgan fingerprint density at radius 3 is 2.44 bits per heavy atom. The number of amides is 1. The van der Waals surface area contributed by atoms with Gasteiger partial charge in [0.1, 0.15) is 17.1 Å². The Kier molecular flexibility index (Phi) is 5.52. The van der Waals surface area contributed by atoms with Gasteiger partial charge in [-0.3, -0.25) is 9.89 Å². The highest BCUT2D eigenvalue weighted by atomic mass is 16.5. The zero-order chi connectivity index (χ0) is 23.0. The van der Waals surface area contributed by atoms with Crippen molar-refractivity contribution in [2.75, 3.05) is 27.9 Å². The number of methoxy groups -OCH3 is 3. The molecule has 2 N–H and O–H groups in total. The third-order valence-corrected chi connectivity index (χ3v) is 5.60. The lowest BCUT2D eigenvalue weighted by molar-refractivity contribution is 0.0764. The number of hydrogen-bond acceptors (Lipinski definition) is 6. The summed E-state index contributed by atoms with van der Waals surface area (Å²) in [4.78, 5) is 14.9. The number of ether oxygens (including phenoxy) is 3. The van der Waals surface area contributed by atoms with Crippen LogP contribution in [-0.2, 0) is 0 Å². The molecule has 0 unspecified atom stereocenters. The molecule has 0 saturated carbocycles. The molecular formula is C24H25N3O5. The minimum Gasteiger partial charge on any atom is -0.507 e. The second kappa shape index (κ2) is 8.30. The van der Waals surface area contributed by atoms with Crippen LogP contribution in [0.5, 0.6) is 23.0 Å². The fourth-order valence-corrected chi connectivity index (χ4v) is 4.17. The molecule has 32 heavy (non-hydrogen) atoms. The van der Waals surface area contributed by atoms with Crippen molar-refractivity contribution >= 4 is 5.91 Å². The molecule has 1 amide bonds. The SMILES string of the molecule is C=CCN1C(=O)c2[nH]nc(-c3cc(C)ccc3O)c2[C@@H]1c1cc(OC)c(OC)c(OC)c1. The molecule has 0 saturated heterocycles. The molecular weight excluding hydrogens is 410 g/mol. The van der Waals surface area contributed by atoms with E-state index in [-0.39, 0.29) is 11.7 Å². The minimum absolute atomic E-state index is 0.0863. The van der Waals surface area contributed by atoms with E-state index in [9.17, 15) is 9.90 Å². The number of aryl methyl sites for hydroxylation is 1. The molecule has 166 valence electrons. The summed E-state index contributed by atoms with van der Waals surface area (Å²) in [5.41, 5.74) is 3.83. The number of aromatic amines is 1. The van der Waals surface area contributed by atoms with Crippen LogP contribution in [-0.4, -0.2) is 54.0 Å². The second-order valence-corrected chi connectivity index (χ2v) is 7.49. The summed E-state index contributed by atoms with van der Waals surface area (Å²) in [7, 11) is 4.62. The Morgan fingerprint density at radius 2 is 1.84 bits per heavy atom. The molecule has 4 rings (SSSR count). The van der Waals surface area contributed by atoms with Crippen LogP contribution >= 0.6 is 0 Å². The van der Waals surface area contributed by atoms with Gasteiger partial charge in [0, 0.05) is 17.7 Å². The van der Waals surface area contributed by atoms with Crippen LogP contribution in [0.4, 0.5) is 0 Å². The average Bonchev–Trinajstić information content (AvgIpc) is 3.34. The molecule has 2 heterocycles. The molecule has 1 aromatic heterocycles. The smallest absolute Gasteiger partial charge is 0.273 e. The lowest BCUT2D eigenvalue weighted by atomic mass is 9.94. The third-order valence-electron chi connectivity index (χ3n) is 5.60. The van der Waals surface area contributed by atoms with E-state index in [4.69, 9.17) is 14.2 Å². The van der Waals surface area contributed by atoms with Crippen molar-refractivity contribution in [3.05, 3.63) is 65.4 Å². The summed E-state index contributed by atoms with van der Waals surface area (Å²) in [6, 6.07) is 8.42. The maximum Gasteiger partial charge on any atom is 0.273 e. The molecule has 8 nitrogen and oxygen atoms in total. The number of carbonyl (C=O) groups is 1. The number of aromatic hydroxyl groups is 1. The summed E-state index contributed by atoms with van der Waals surface area (Å²) < 4.78 is 16.5. The number of benzene rings is 2. The van der Waals surface area contributed by atoms with Gasteiger partial charge in [0.15, 0.2) is 11.5 Å². The summed E-state index contributed by atoms with van der Waals surface area (Å²) in [6.45, 7) is 6.06. The Bertz CT molecular complexity index is 1180. The lowest BCUT2D eigenvalue weighted by Gasteiger charge is -2.26. The molecule has 8 heteroatoms. The fourth-order valence-electron chi connectivity index (χ4n) is 4.17. The van der Waals surface area contributed by atoms with Crippen molar-refractivity contribution in [2.45, 2.75) is 13.0 Å². The van der Waals surface area contributed by atoms with Crippen LogP contribution in [0.3, 0.4) is 0 Å². The van der Waals surface area contributed by atoms with Gasteiger partial charge in [-0.25, -0.2) is 0 Å². The second-order valence-electron chi connectivity index (χ2n) is 7.49. The first-order chi connectivity index (χ1) is 15.4. The Morgan fingerprint density at radius 1 is 1.16 bits per heavy atom. The third kappa shape index (κ3) is 3.24. The van der Waals surface area contributed by atoms with Gasteiger partial charge in [-0.05, 0) is 36.8 Å². The van der Waals surface area contributed by atoms with Crippen LogP contribution < -0.4 is 14.2 Å². The maximum absolute atomic E-state index is 13.3. The molecule has 1 aliphatic heterocycles. The summed E-state index contributed by atoms with van der Waals surface area (Å²) >= 11 is 0. The number of nitrogens with one attached hydrogen (secondary N) is 1. The molecule has 0 fully saturated rings. The number of phenolic OH excluding ortho intramolecular Hbond substituents is 1. The number of carbonyl (C=O) groups excluding carboxylic acids is 1. The maximum atomic E-state index is 13.3. The zero-order valence-electron chi connectivity index (χ0n) is 18.4. The first-order valence-electron chi connectivity index (χ1n) is 10.0. The topological polar surface area (TPSA) is 96.9 Å². The largest absolute Gasteiger partial charge is 0.507 e. The monoisotopic (exact) mass is 435 g/mol. The molecule has 0 radical (unpaired) electrons. The van der Waals surface area contributed by atoms with Crippen molar-refractivity contribution in [3.63, 3.8) is 0 Å². The number of hydrogen-bond donors (Lipinski definition) is 2. The molecule has 3 aromatic rings. The minimum atomic E-state index is -0.502. The normalized spacial score (nSPS) is 14.9. The van der Waals surface area contributed by atoms with E-state index >= 15 is 0 Å². The summed E-state index contributed by atoms with van der Waals surface area (Å²) in [5, 5.41) is 17.8. The van der Waals surface area contributed by atoms with Gasteiger partial charge in [0.25, 0.3) is 5.91 Å². The highest BCUT2D eigenvalue weighted by Gasteiger charge is 2.42. The van der Waals surface area contributed by atoms with Crippen LogP contribution in [0.15, 0.2) is 43.0 Å². The highest BCUT2D eigenvalue weighted by Crippen LogP contribution is 2.48. The van der Waals surface area contributed by atoms with Gasteiger partial charge in [0.2, 0.25) is 5.75 Å². The van der Waals surface area contributed by atoms with Crippen molar-refractivity contribution in [2.24, 2.45) is 0 Å². The van der Waals surface area contributed by atoms with Crippen molar-refractivity contribution in [1.82, 2.24) is 15.1 Å². The molecule has 0 bridgehead atoms. The molecule has 0 aliphatic carbocycles. The molecule has 2 aromatic carbocycles. The Hall–Kier alpha value is -3.94. The lowest BCUT2D eigenvalue weighted by Crippen LogP contribution is -2.29. The molecule has 1 aliphatic rings. The van der Waals surface area contributed by atoms with E-state index in [1.807, 2.05) is 31.2 Å².